The van der Waals surface area contributed by atoms with E-state index in [1.54, 1.807) is 24.0 Å². The zero-order chi connectivity index (χ0) is 17.1. The number of hydrogen-bond acceptors (Lipinski definition) is 4. The van der Waals surface area contributed by atoms with Crippen LogP contribution in [-0.2, 0) is 11.3 Å². The molecule has 1 aromatic carbocycles. The predicted octanol–water partition coefficient (Wildman–Crippen LogP) is 3.99. The Labute approximate surface area is 145 Å². The normalized spacial score (nSPS) is 18.0. The quantitative estimate of drug-likeness (QED) is 0.820. The highest BCUT2D eigenvalue weighted by atomic mass is 32.1. The van der Waals surface area contributed by atoms with Crippen molar-refractivity contribution < 1.29 is 9.18 Å². The molecule has 1 aliphatic heterocycles. The highest BCUT2D eigenvalue weighted by Crippen LogP contribution is 2.34. The molecule has 128 valence electrons. The molecule has 1 amide bonds. The summed E-state index contributed by atoms with van der Waals surface area (Å²) >= 11 is 1.50. The molecule has 0 saturated carbocycles. The standard InChI is InChI=1S/C18H22FN3OS/c1-3-22(13(2)23)18-20-16(12-24-18)11-21-9-5-8-17(21)14-6-4-7-15(19)10-14/h4,6-7,10,12,17H,3,5,8-9,11H2,1-2H3. The number of thiazole rings is 1. The van der Waals surface area contributed by atoms with Gasteiger partial charge in [0.2, 0.25) is 5.91 Å². The molecule has 1 unspecified atom stereocenters. The van der Waals surface area contributed by atoms with Crippen LogP contribution in [-0.4, -0.2) is 28.9 Å². The minimum absolute atomic E-state index is 0.0113. The number of carbonyl (C=O) groups is 1. The van der Waals surface area contributed by atoms with E-state index < -0.39 is 0 Å². The summed E-state index contributed by atoms with van der Waals surface area (Å²) in [7, 11) is 0. The van der Waals surface area contributed by atoms with Crippen molar-refractivity contribution in [2.24, 2.45) is 0 Å². The molecule has 24 heavy (non-hydrogen) atoms. The molecule has 0 N–H and O–H groups in total. The Morgan fingerprint density at radius 3 is 3.04 bits per heavy atom. The number of anilines is 1. The van der Waals surface area contributed by atoms with Crippen molar-refractivity contribution in [1.29, 1.82) is 0 Å². The Morgan fingerprint density at radius 1 is 1.50 bits per heavy atom. The zero-order valence-electron chi connectivity index (χ0n) is 14.0. The Bertz CT molecular complexity index is 718. The molecule has 1 aromatic heterocycles. The fraction of sp³-hybridized carbons (Fsp3) is 0.444. The van der Waals surface area contributed by atoms with E-state index in [0.717, 1.165) is 42.3 Å². The topological polar surface area (TPSA) is 36.4 Å². The van der Waals surface area contributed by atoms with E-state index in [-0.39, 0.29) is 17.8 Å². The second-order valence-electron chi connectivity index (χ2n) is 6.07. The minimum Gasteiger partial charge on any atom is -0.290 e. The lowest BCUT2D eigenvalue weighted by Crippen LogP contribution is -2.28. The first-order valence-electron chi connectivity index (χ1n) is 8.30. The number of amides is 1. The van der Waals surface area contributed by atoms with Crippen LogP contribution in [0.2, 0.25) is 0 Å². The van der Waals surface area contributed by atoms with Crippen LogP contribution in [0, 0.1) is 5.82 Å². The molecule has 0 radical (unpaired) electrons. The van der Waals surface area contributed by atoms with Gasteiger partial charge in [0.05, 0.1) is 5.69 Å². The molecular formula is C18H22FN3OS. The van der Waals surface area contributed by atoms with Gasteiger partial charge in [-0.2, -0.15) is 0 Å². The maximum absolute atomic E-state index is 13.5. The van der Waals surface area contributed by atoms with Crippen molar-refractivity contribution in [3.63, 3.8) is 0 Å². The summed E-state index contributed by atoms with van der Waals surface area (Å²) in [6.07, 6.45) is 2.14. The second kappa shape index (κ2) is 7.40. The fourth-order valence-electron chi connectivity index (χ4n) is 3.30. The van der Waals surface area contributed by atoms with Crippen LogP contribution in [0.4, 0.5) is 9.52 Å². The van der Waals surface area contributed by atoms with Crippen molar-refractivity contribution in [2.75, 3.05) is 18.0 Å². The molecule has 4 nitrogen and oxygen atoms in total. The molecule has 0 spiro atoms. The van der Waals surface area contributed by atoms with E-state index in [1.165, 1.54) is 17.4 Å². The van der Waals surface area contributed by atoms with Crippen LogP contribution in [0.1, 0.15) is 44.0 Å². The summed E-state index contributed by atoms with van der Waals surface area (Å²) in [4.78, 5) is 20.3. The van der Waals surface area contributed by atoms with E-state index in [2.05, 4.69) is 9.88 Å². The Balaban J connectivity index is 1.73. The van der Waals surface area contributed by atoms with Gasteiger partial charge in [-0.05, 0) is 44.0 Å². The molecule has 0 aliphatic carbocycles. The third kappa shape index (κ3) is 3.65. The van der Waals surface area contributed by atoms with Crippen molar-refractivity contribution in [2.45, 2.75) is 39.3 Å². The van der Waals surface area contributed by atoms with Crippen LogP contribution in [0.3, 0.4) is 0 Å². The van der Waals surface area contributed by atoms with E-state index in [1.807, 2.05) is 18.4 Å². The summed E-state index contributed by atoms with van der Waals surface area (Å²) in [5.41, 5.74) is 2.00. The van der Waals surface area contributed by atoms with Crippen LogP contribution in [0.5, 0.6) is 0 Å². The molecule has 3 rings (SSSR count). The Hall–Kier alpha value is -1.79. The molecule has 0 bridgehead atoms. The summed E-state index contributed by atoms with van der Waals surface area (Å²) in [6.45, 7) is 5.84. The lowest BCUT2D eigenvalue weighted by Gasteiger charge is -2.24. The number of benzene rings is 1. The summed E-state index contributed by atoms with van der Waals surface area (Å²) in [5, 5.41) is 2.77. The maximum Gasteiger partial charge on any atom is 0.225 e. The Kier molecular flexibility index (Phi) is 5.26. The fourth-order valence-corrected chi connectivity index (χ4v) is 4.22. The maximum atomic E-state index is 13.5. The molecule has 6 heteroatoms. The van der Waals surface area contributed by atoms with Crippen molar-refractivity contribution in [1.82, 2.24) is 9.88 Å². The summed E-state index contributed by atoms with van der Waals surface area (Å²) < 4.78 is 13.5. The first kappa shape index (κ1) is 17.0. The largest absolute Gasteiger partial charge is 0.290 e. The van der Waals surface area contributed by atoms with Gasteiger partial charge in [0.25, 0.3) is 0 Å². The zero-order valence-corrected chi connectivity index (χ0v) is 14.9. The van der Waals surface area contributed by atoms with Gasteiger partial charge in [0.15, 0.2) is 5.13 Å². The van der Waals surface area contributed by atoms with E-state index in [0.29, 0.717) is 6.54 Å². The number of aromatic nitrogens is 1. The van der Waals surface area contributed by atoms with Crippen molar-refractivity contribution in [3.8, 4) is 0 Å². The van der Waals surface area contributed by atoms with Gasteiger partial charge in [-0.15, -0.1) is 11.3 Å². The van der Waals surface area contributed by atoms with Gasteiger partial charge in [-0.25, -0.2) is 9.37 Å². The van der Waals surface area contributed by atoms with E-state index >= 15 is 0 Å². The van der Waals surface area contributed by atoms with Gasteiger partial charge in [-0.3, -0.25) is 14.6 Å². The number of halogens is 1. The average Bonchev–Trinajstić information content (AvgIpc) is 3.18. The molecule has 1 aliphatic rings. The van der Waals surface area contributed by atoms with Crippen LogP contribution in [0.25, 0.3) is 0 Å². The smallest absolute Gasteiger partial charge is 0.225 e. The molecule has 1 fully saturated rings. The second-order valence-corrected chi connectivity index (χ2v) is 6.90. The Morgan fingerprint density at radius 2 is 2.33 bits per heavy atom. The van der Waals surface area contributed by atoms with E-state index in [9.17, 15) is 9.18 Å². The SMILES string of the molecule is CCN(C(C)=O)c1nc(CN2CCCC2c2cccc(F)c2)cs1. The van der Waals surface area contributed by atoms with Gasteiger partial charge in [0, 0.05) is 31.4 Å². The highest BCUT2D eigenvalue weighted by molar-refractivity contribution is 7.14. The number of carbonyl (C=O) groups excluding carboxylic acids is 1. The first-order chi connectivity index (χ1) is 11.6. The predicted molar refractivity (Wildman–Crippen MR) is 94.6 cm³/mol. The van der Waals surface area contributed by atoms with Crippen LogP contribution in [0.15, 0.2) is 29.6 Å². The number of hydrogen-bond donors (Lipinski definition) is 0. The average molecular weight is 347 g/mol. The van der Waals surface area contributed by atoms with Crippen molar-refractivity contribution >= 4 is 22.4 Å². The van der Waals surface area contributed by atoms with Crippen LogP contribution < -0.4 is 4.90 Å². The monoisotopic (exact) mass is 347 g/mol. The molecule has 2 heterocycles. The lowest BCUT2D eigenvalue weighted by molar-refractivity contribution is -0.116. The third-order valence-electron chi connectivity index (χ3n) is 4.43. The molecule has 1 atom stereocenters. The van der Waals surface area contributed by atoms with Gasteiger partial charge < -0.3 is 0 Å². The van der Waals surface area contributed by atoms with Gasteiger partial charge in [0.1, 0.15) is 5.82 Å². The van der Waals surface area contributed by atoms with Gasteiger partial charge >= 0.3 is 0 Å². The van der Waals surface area contributed by atoms with E-state index in [4.69, 9.17) is 0 Å². The van der Waals surface area contributed by atoms with Gasteiger partial charge in [-0.1, -0.05) is 12.1 Å². The number of likely N-dealkylation sites (tertiary alicyclic amines) is 1. The lowest BCUT2D eigenvalue weighted by atomic mass is 10.0. The summed E-state index contributed by atoms with van der Waals surface area (Å²) in [5.74, 6) is -0.174. The third-order valence-corrected chi connectivity index (χ3v) is 5.34. The van der Waals surface area contributed by atoms with Crippen molar-refractivity contribution in [3.05, 3.63) is 46.7 Å². The van der Waals surface area contributed by atoms with Crippen LogP contribution >= 0.6 is 11.3 Å². The molecule has 1 saturated heterocycles. The highest BCUT2D eigenvalue weighted by Gasteiger charge is 2.27. The molecular weight excluding hydrogens is 325 g/mol. The molecule has 2 aromatic rings. The first-order valence-corrected chi connectivity index (χ1v) is 9.18. The summed E-state index contributed by atoms with van der Waals surface area (Å²) in [6, 6.07) is 7.11. The number of rotatable bonds is 5. The number of nitrogens with zero attached hydrogens (tertiary/aromatic N) is 3. The minimum atomic E-state index is -0.185.